The zero-order valence-corrected chi connectivity index (χ0v) is 11.9. The number of halogens is 2. The Hall–Kier alpha value is -1.51. The molecule has 0 bridgehead atoms. The average Bonchev–Trinajstić information content (AvgIpc) is 2.41. The maximum Gasteiger partial charge on any atom is 0.184 e. The lowest BCUT2D eigenvalue weighted by Gasteiger charge is -2.14. The molecule has 1 atom stereocenters. The van der Waals surface area contributed by atoms with Crippen molar-refractivity contribution in [3.8, 4) is 0 Å². The number of anilines is 1. The molecule has 0 saturated carbocycles. The first-order chi connectivity index (χ1) is 9.06. The molecule has 0 fully saturated rings. The zero-order valence-electron chi connectivity index (χ0n) is 10.4. The van der Waals surface area contributed by atoms with Crippen LogP contribution in [0.15, 0.2) is 48.5 Å². The summed E-state index contributed by atoms with van der Waals surface area (Å²) in [5.74, 6) is 0.0200. The second-order valence-electron chi connectivity index (χ2n) is 4.24. The van der Waals surface area contributed by atoms with Gasteiger partial charge in [-0.1, -0.05) is 23.2 Å². The number of rotatable bonds is 4. The Morgan fingerprint density at radius 2 is 1.42 bits per heavy atom. The lowest BCUT2D eigenvalue weighted by molar-refractivity contribution is 0.0975. The van der Waals surface area contributed by atoms with Gasteiger partial charge in [-0.25, -0.2) is 0 Å². The molecular formula is C15H13Cl2NO. The normalized spacial score (nSPS) is 11.9. The molecule has 1 unspecified atom stereocenters. The summed E-state index contributed by atoms with van der Waals surface area (Å²) in [4.78, 5) is 12.2. The number of carbonyl (C=O) groups excluding carboxylic acids is 1. The topological polar surface area (TPSA) is 29.1 Å². The molecule has 1 N–H and O–H groups in total. The average molecular weight is 294 g/mol. The molecule has 0 amide bonds. The summed E-state index contributed by atoms with van der Waals surface area (Å²) in [7, 11) is 0. The van der Waals surface area contributed by atoms with Crippen molar-refractivity contribution in [3.63, 3.8) is 0 Å². The second-order valence-corrected chi connectivity index (χ2v) is 5.12. The lowest BCUT2D eigenvalue weighted by Crippen LogP contribution is -2.26. The van der Waals surface area contributed by atoms with Gasteiger partial charge in [0, 0.05) is 21.3 Å². The first-order valence-electron chi connectivity index (χ1n) is 5.88. The summed E-state index contributed by atoms with van der Waals surface area (Å²) in [5.41, 5.74) is 1.50. The Bertz CT molecular complexity index is 564. The van der Waals surface area contributed by atoms with Crippen LogP contribution in [-0.2, 0) is 0 Å². The van der Waals surface area contributed by atoms with Crippen LogP contribution in [0.2, 0.25) is 10.0 Å². The quantitative estimate of drug-likeness (QED) is 0.830. The molecule has 2 rings (SSSR count). The monoisotopic (exact) mass is 293 g/mol. The molecule has 2 nitrogen and oxygen atoms in total. The summed E-state index contributed by atoms with van der Waals surface area (Å²) < 4.78 is 0. The maximum absolute atomic E-state index is 12.2. The van der Waals surface area contributed by atoms with Crippen molar-refractivity contribution in [2.45, 2.75) is 13.0 Å². The molecule has 0 saturated heterocycles. The van der Waals surface area contributed by atoms with Crippen molar-refractivity contribution in [2.24, 2.45) is 0 Å². The van der Waals surface area contributed by atoms with Crippen LogP contribution in [0.25, 0.3) is 0 Å². The number of hydrogen-bond donors (Lipinski definition) is 1. The summed E-state index contributed by atoms with van der Waals surface area (Å²) in [6, 6.07) is 13.8. The fourth-order valence-electron chi connectivity index (χ4n) is 1.73. The van der Waals surface area contributed by atoms with Crippen LogP contribution >= 0.6 is 23.2 Å². The summed E-state index contributed by atoms with van der Waals surface area (Å²) in [6.07, 6.45) is 0. The van der Waals surface area contributed by atoms with Gasteiger partial charge in [-0.15, -0.1) is 0 Å². The minimum atomic E-state index is -0.317. The fourth-order valence-corrected chi connectivity index (χ4v) is 1.98. The molecule has 0 spiro atoms. The van der Waals surface area contributed by atoms with Gasteiger partial charge in [-0.2, -0.15) is 0 Å². The molecule has 0 aliphatic heterocycles. The minimum absolute atomic E-state index is 0.0200. The predicted molar refractivity (Wildman–Crippen MR) is 80.3 cm³/mol. The van der Waals surface area contributed by atoms with Crippen molar-refractivity contribution >= 4 is 34.7 Å². The first-order valence-corrected chi connectivity index (χ1v) is 6.64. The third-order valence-electron chi connectivity index (χ3n) is 2.75. The summed E-state index contributed by atoms with van der Waals surface area (Å²) in [6.45, 7) is 1.82. The van der Waals surface area contributed by atoms with Crippen molar-refractivity contribution < 1.29 is 4.79 Å². The van der Waals surface area contributed by atoms with Crippen LogP contribution < -0.4 is 5.32 Å². The first kappa shape index (κ1) is 13.9. The van der Waals surface area contributed by atoms with E-state index in [2.05, 4.69) is 5.32 Å². The molecule has 98 valence electrons. The molecule has 0 aliphatic carbocycles. The summed E-state index contributed by atoms with van der Waals surface area (Å²) in [5, 5.41) is 4.43. The number of nitrogens with one attached hydrogen (secondary N) is 1. The Morgan fingerprint density at radius 1 is 0.947 bits per heavy atom. The Balaban J connectivity index is 2.07. The molecule has 0 radical (unpaired) electrons. The van der Waals surface area contributed by atoms with E-state index in [1.54, 1.807) is 36.4 Å². The van der Waals surface area contributed by atoms with Gasteiger partial charge in [0.1, 0.15) is 0 Å². The van der Waals surface area contributed by atoms with Crippen LogP contribution in [0, 0.1) is 0 Å². The number of Topliss-reactive ketones (excluding diaryl/α,β-unsaturated/α-hetero) is 1. The Kier molecular flexibility index (Phi) is 4.46. The highest BCUT2D eigenvalue weighted by Crippen LogP contribution is 2.16. The van der Waals surface area contributed by atoms with Gasteiger partial charge >= 0.3 is 0 Å². The van der Waals surface area contributed by atoms with E-state index in [9.17, 15) is 4.79 Å². The van der Waals surface area contributed by atoms with Crippen LogP contribution in [0.4, 0.5) is 5.69 Å². The van der Waals surface area contributed by atoms with E-state index in [4.69, 9.17) is 23.2 Å². The molecule has 0 aromatic heterocycles. The van der Waals surface area contributed by atoms with E-state index in [0.717, 1.165) is 5.69 Å². The molecule has 0 aliphatic rings. The Labute approximate surface area is 122 Å². The highest BCUT2D eigenvalue weighted by molar-refractivity contribution is 6.31. The van der Waals surface area contributed by atoms with Crippen LogP contribution in [0.1, 0.15) is 17.3 Å². The van der Waals surface area contributed by atoms with Gasteiger partial charge < -0.3 is 5.32 Å². The van der Waals surface area contributed by atoms with E-state index in [0.29, 0.717) is 15.6 Å². The van der Waals surface area contributed by atoms with E-state index in [1.807, 2.05) is 19.1 Å². The van der Waals surface area contributed by atoms with E-state index < -0.39 is 0 Å². The number of ketones is 1. The summed E-state index contributed by atoms with van der Waals surface area (Å²) >= 11 is 11.6. The van der Waals surface area contributed by atoms with E-state index in [-0.39, 0.29) is 11.8 Å². The van der Waals surface area contributed by atoms with Gasteiger partial charge in [0.15, 0.2) is 5.78 Å². The van der Waals surface area contributed by atoms with Crippen LogP contribution in [-0.4, -0.2) is 11.8 Å². The molecule has 2 aromatic rings. The fraction of sp³-hybridized carbons (Fsp3) is 0.133. The van der Waals surface area contributed by atoms with E-state index in [1.165, 1.54) is 0 Å². The van der Waals surface area contributed by atoms with Gasteiger partial charge in [-0.3, -0.25) is 4.79 Å². The van der Waals surface area contributed by atoms with Crippen molar-refractivity contribution in [3.05, 3.63) is 64.1 Å². The number of carbonyl (C=O) groups is 1. The van der Waals surface area contributed by atoms with Gasteiger partial charge in [0.2, 0.25) is 0 Å². The van der Waals surface area contributed by atoms with Crippen LogP contribution in [0.3, 0.4) is 0 Å². The Morgan fingerprint density at radius 3 is 1.95 bits per heavy atom. The second kappa shape index (κ2) is 6.09. The highest BCUT2D eigenvalue weighted by Gasteiger charge is 2.14. The highest BCUT2D eigenvalue weighted by atomic mass is 35.5. The zero-order chi connectivity index (χ0) is 13.8. The van der Waals surface area contributed by atoms with Crippen molar-refractivity contribution in [2.75, 3.05) is 5.32 Å². The molecule has 0 heterocycles. The van der Waals surface area contributed by atoms with E-state index >= 15 is 0 Å². The maximum atomic E-state index is 12.2. The van der Waals surface area contributed by atoms with Crippen molar-refractivity contribution in [1.82, 2.24) is 0 Å². The minimum Gasteiger partial charge on any atom is -0.375 e. The molecular weight excluding hydrogens is 281 g/mol. The van der Waals surface area contributed by atoms with Crippen molar-refractivity contribution in [1.29, 1.82) is 0 Å². The standard InChI is InChI=1S/C15H13Cl2NO/c1-10(18-14-8-6-13(17)7-9-14)15(19)11-2-4-12(16)5-3-11/h2-10,18H,1H3. The molecule has 19 heavy (non-hydrogen) atoms. The lowest BCUT2D eigenvalue weighted by atomic mass is 10.1. The number of benzene rings is 2. The third-order valence-corrected chi connectivity index (χ3v) is 3.25. The van der Waals surface area contributed by atoms with Crippen LogP contribution in [0.5, 0.6) is 0 Å². The predicted octanol–water partition coefficient (Wildman–Crippen LogP) is 4.68. The smallest absolute Gasteiger partial charge is 0.184 e. The molecule has 4 heteroatoms. The van der Waals surface area contributed by atoms with Gasteiger partial charge in [0.25, 0.3) is 0 Å². The third kappa shape index (κ3) is 3.72. The van der Waals surface area contributed by atoms with Gasteiger partial charge in [-0.05, 0) is 55.5 Å². The number of hydrogen-bond acceptors (Lipinski definition) is 2. The molecule has 2 aromatic carbocycles. The largest absolute Gasteiger partial charge is 0.375 e. The van der Waals surface area contributed by atoms with Gasteiger partial charge in [0.05, 0.1) is 6.04 Å². The SMILES string of the molecule is CC(Nc1ccc(Cl)cc1)C(=O)c1ccc(Cl)cc1.